The first kappa shape index (κ1) is 25.3. The number of hydrogen-bond acceptors (Lipinski definition) is 6. The highest BCUT2D eigenvalue weighted by atomic mass is 32.2. The van der Waals surface area contributed by atoms with E-state index in [1.165, 1.54) is 48.3 Å². The standard InChI is InChI=1S/C18H14F2N4S.C3H5F3O/c19-14-3-1-11(7-13(14)16-5-6-25-18(22)24-16)8-15(20)17-4-2-12(9-21)10-23-17;1-7-2-3(4,5)6/h1-4,7-8,10,16H,5-6H2,(H2,22,24);2H2,1H3/b15-8-;. The molecule has 1 unspecified atom stereocenters. The van der Waals surface area contributed by atoms with Crippen molar-refractivity contribution in [2.45, 2.75) is 18.6 Å². The summed E-state index contributed by atoms with van der Waals surface area (Å²) in [5.74, 6) is -0.185. The Morgan fingerprint density at radius 3 is 2.62 bits per heavy atom. The van der Waals surface area contributed by atoms with E-state index in [1.807, 2.05) is 6.07 Å². The van der Waals surface area contributed by atoms with Gasteiger partial charge in [0.25, 0.3) is 0 Å². The molecule has 0 saturated heterocycles. The minimum Gasteiger partial charge on any atom is -0.379 e. The van der Waals surface area contributed by atoms with Gasteiger partial charge in [0, 0.05) is 24.6 Å². The number of amidine groups is 1. The van der Waals surface area contributed by atoms with Crippen LogP contribution in [0, 0.1) is 17.1 Å². The molecule has 1 aromatic heterocycles. The Morgan fingerprint density at radius 2 is 2.09 bits per heavy atom. The van der Waals surface area contributed by atoms with Gasteiger partial charge in [-0.25, -0.2) is 8.78 Å². The number of nitrogens with zero attached hydrogens (tertiary/aromatic N) is 3. The number of methoxy groups -OCH3 is 1. The number of thioether (sulfide) groups is 1. The maximum atomic E-state index is 14.4. The van der Waals surface area contributed by atoms with Gasteiger partial charge in [-0.2, -0.15) is 18.4 Å². The van der Waals surface area contributed by atoms with Gasteiger partial charge in [-0.05, 0) is 42.3 Å². The summed E-state index contributed by atoms with van der Waals surface area (Å²) in [6.07, 6.45) is -0.915. The second-order valence-electron chi connectivity index (χ2n) is 6.49. The Balaban J connectivity index is 0.000000451. The minimum absolute atomic E-state index is 0.112. The number of benzene rings is 1. The highest BCUT2D eigenvalue weighted by Gasteiger charge is 2.26. The Morgan fingerprint density at radius 1 is 1.34 bits per heavy atom. The van der Waals surface area contributed by atoms with Gasteiger partial charge in [-0.3, -0.25) is 9.98 Å². The minimum atomic E-state index is -4.17. The van der Waals surface area contributed by atoms with E-state index in [0.29, 0.717) is 28.3 Å². The normalized spacial score (nSPS) is 16.5. The van der Waals surface area contributed by atoms with Crippen LogP contribution in [-0.4, -0.2) is 35.8 Å². The molecule has 2 aromatic rings. The molecule has 0 saturated carbocycles. The zero-order valence-corrected chi connectivity index (χ0v) is 17.7. The van der Waals surface area contributed by atoms with Crippen LogP contribution in [-0.2, 0) is 4.74 Å². The first-order valence-corrected chi connectivity index (χ1v) is 10.2. The zero-order chi connectivity index (χ0) is 23.7. The summed E-state index contributed by atoms with van der Waals surface area (Å²) >= 11 is 1.44. The summed E-state index contributed by atoms with van der Waals surface area (Å²) < 4.78 is 65.1. The van der Waals surface area contributed by atoms with E-state index in [-0.39, 0.29) is 17.6 Å². The number of ether oxygens (including phenoxy) is 1. The number of aromatic nitrogens is 1. The van der Waals surface area contributed by atoms with Gasteiger partial charge >= 0.3 is 6.18 Å². The summed E-state index contributed by atoms with van der Waals surface area (Å²) in [7, 11) is 1.01. The van der Waals surface area contributed by atoms with E-state index in [2.05, 4.69) is 14.7 Å². The van der Waals surface area contributed by atoms with Gasteiger partial charge in [0.15, 0.2) is 5.17 Å². The lowest BCUT2D eigenvalue weighted by atomic mass is 10.0. The lowest BCUT2D eigenvalue weighted by Crippen LogP contribution is -2.16. The van der Waals surface area contributed by atoms with Crippen LogP contribution in [0.3, 0.4) is 0 Å². The van der Waals surface area contributed by atoms with Gasteiger partial charge in [-0.15, -0.1) is 0 Å². The molecule has 2 N–H and O–H groups in total. The monoisotopic (exact) mass is 470 g/mol. The number of aliphatic imine (C=N–C) groups is 1. The largest absolute Gasteiger partial charge is 0.411 e. The van der Waals surface area contributed by atoms with Crippen molar-refractivity contribution in [1.29, 1.82) is 5.26 Å². The number of pyridine rings is 1. The summed E-state index contributed by atoms with van der Waals surface area (Å²) in [5.41, 5.74) is 7.09. The molecule has 0 aliphatic carbocycles. The molecule has 1 atom stereocenters. The molecule has 0 spiro atoms. The molecule has 5 nitrogen and oxygen atoms in total. The summed E-state index contributed by atoms with van der Waals surface area (Å²) in [6, 6.07) is 8.86. The molecule has 0 amide bonds. The second-order valence-corrected chi connectivity index (χ2v) is 7.60. The lowest BCUT2D eigenvalue weighted by Gasteiger charge is -2.19. The fourth-order valence-electron chi connectivity index (χ4n) is 2.65. The highest BCUT2D eigenvalue weighted by molar-refractivity contribution is 8.13. The van der Waals surface area contributed by atoms with Crippen LogP contribution >= 0.6 is 11.8 Å². The number of rotatable bonds is 4. The molecule has 1 aliphatic rings. The van der Waals surface area contributed by atoms with Crippen molar-refractivity contribution in [2.24, 2.45) is 10.7 Å². The topological polar surface area (TPSA) is 84.3 Å². The summed E-state index contributed by atoms with van der Waals surface area (Å²) in [6.45, 7) is -1.16. The fourth-order valence-corrected chi connectivity index (χ4v) is 3.40. The van der Waals surface area contributed by atoms with Crippen molar-refractivity contribution >= 4 is 28.8 Å². The van der Waals surface area contributed by atoms with Crippen molar-refractivity contribution in [3.63, 3.8) is 0 Å². The average Bonchev–Trinajstić information content (AvgIpc) is 2.74. The molecule has 170 valence electrons. The van der Waals surface area contributed by atoms with Crippen molar-refractivity contribution in [2.75, 3.05) is 19.5 Å². The van der Waals surface area contributed by atoms with Crippen LogP contribution in [0.5, 0.6) is 0 Å². The molecule has 0 radical (unpaired) electrons. The number of nitrogens with two attached hydrogens (primary N) is 1. The van der Waals surface area contributed by atoms with E-state index >= 15 is 0 Å². The van der Waals surface area contributed by atoms with E-state index in [9.17, 15) is 22.0 Å². The van der Waals surface area contributed by atoms with Crippen molar-refractivity contribution in [1.82, 2.24) is 4.98 Å². The predicted molar refractivity (Wildman–Crippen MR) is 114 cm³/mol. The van der Waals surface area contributed by atoms with Gasteiger partial charge in [-0.1, -0.05) is 17.8 Å². The van der Waals surface area contributed by atoms with Gasteiger partial charge < -0.3 is 10.5 Å². The van der Waals surface area contributed by atoms with E-state index in [1.54, 1.807) is 6.07 Å². The Hall–Kier alpha value is -2.97. The average molecular weight is 470 g/mol. The van der Waals surface area contributed by atoms with Crippen LogP contribution in [0.15, 0.2) is 41.5 Å². The van der Waals surface area contributed by atoms with E-state index < -0.39 is 18.6 Å². The quantitative estimate of drug-likeness (QED) is 0.618. The Kier molecular flexibility index (Phi) is 9.16. The molecule has 11 heteroatoms. The molecular formula is C21H19F5N4OS. The van der Waals surface area contributed by atoms with Crippen molar-refractivity contribution in [3.8, 4) is 6.07 Å². The van der Waals surface area contributed by atoms with Crippen molar-refractivity contribution in [3.05, 3.63) is 64.7 Å². The maximum absolute atomic E-state index is 14.4. The number of hydrogen-bond donors (Lipinski definition) is 1. The van der Waals surface area contributed by atoms with Crippen LogP contribution in [0.1, 0.15) is 34.8 Å². The number of alkyl halides is 3. The molecule has 0 fully saturated rings. The molecule has 32 heavy (non-hydrogen) atoms. The molecule has 2 heterocycles. The van der Waals surface area contributed by atoms with Gasteiger partial charge in [0.05, 0.1) is 17.3 Å². The summed E-state index contributed by atoms with van der Waals surface area (Å²) in [5, 5.41) is 9.18. The number of halogens is 5. The third-order valence-corrected chi connectivity index (χ3v) is 4.88. The van der Waals surface area contributed by atoms with E-state index in [0.717, 1.165) is 12.9 Å². The van der Waals surface area contributed by atoms with Gasteiger partial charge in [0.1, 0.15) is 24.3 Å². The Bertz CT molecular complexity index is 1020. The number of nitriles is 1. The second kappa shape index (κ2) is 11.6. The summed E-state index contributed by atoms with van der Waals surface area (Å²) in [4.78, 5) is 8.18. The SMILES string of the molecule is COCC(F)(F)F.N#Cc1ccc(/C(F)=C/c2ccc(F)c(C3CCSC(N)=N3)c2)nc1. The Labute approximate surface area is 185 Å². The molecule has 3 rings (SSSR count). The zero-order valence-electron chi connectivity index (χ0n) is 16.9. The highest BCUT2D eigenvalue weighted by Crippen LogP contribution is 2.31. The third kappa shape index (κ3) is 7.94. The van der Waals surface area contributed by atoms with E-state index in [4.69, 9.17) is 11.0 Å². The van der Waals surface area contributed by atoms with Crippen molar-refractivity contribution < 1.29 is 26.7 Å². The third-order valence-electron chi connectivity index (χ3n) is 4.04. The predicted octanol–water partition coefficient (Wildman–Crippen LogP) is 5.25. The first-order valence-electron chi connectivity index (χ1n) is 9.18. The molecule has 0 bridgehead atoms. The van der Waals surface area contributed by atoms with Crippen LogP contribution in [0.2, 0.25) is 0 Å². The van der Waals surface area contributed by atoms with Gasteiger partial charge in [0.2, 0.25) is 0 Å². The molecular weight excluding hydrogens is 451 g/mol. The molecule has 1 aliphatic heterocycles. The van der Waals surface area contributed by atoms with Crippen LogP contribution < -0.4 is 5.73 Å². The maximum Gasteiger partial charge on any atom is 0.411 e. The van der Waals surface area contributed by atoms with Crippen LogP contribution in [0.4, 0.5) is 22.0 Å². The first-order chi connectivity index (χ1) is 15.1. The molecule has 1 aromatic carbocycles. The lowest BCUT2D eigenvalue weighted by molar-refractivity contribution is -0.167. The smallest absolute Gasteiger partial charge is 0.379 e. The van der Waals surface area contributed by atoms with Crippen LogP contribution in [0.25, 0.3) is 11.9 Å². The fraction of sp³-hybridized carbons (Fsp3) is 0.286.